The van der Waals surface area contributed by atoms with Crippen molar-refractivity contribution in [3.05, 3.63) is 71.3 Å². The van der Waals surface area contributed by atoms with Gasteiger partial charge in [-0.3, -0.25) is 9.98 Å². The van der Waals surface area contributed by atoms with Gasteiger partial charge in [0.05, 0.1) is 17.1 Å². The van der Waals surface area contributed by atoms with Crippen LogP contribution in [0.25, 0.3) is 0 Å². The van der Waals surface area contributed by atoms with E-state index in [1.807, 2.05) is 6.21 Å². The fourth-order valence-corrected chi connectivity index (χ4v) is 5.90. The molecule has 0 spiro atoms. The first kappa shape index (κ1) is 42.0. The van der Waals surface area contributed by atoms with Gasteiger partial charge in [-0.2, -0.15) is 0 Å². The van der Waals surface area contributed by atoms with Gasteiger partial charge in [-0.25, -0.2) is 0 Å². The van der Waals surface area contributed by atoms with E-state index in [-0.39, 0.29) is 16.5 Å². The number of benzene rings is 2. The molecule has 0 aliphatic rings. The van der Waals surface area contributed by atoms with Gasteiger partial charge >= 0.3 is 0 Å². The van der Waals surface area contributed by atoms with E-state index < -0.39 is 0 Å². The second-order valence-electron chi connectivity index (χ2n) is 13.3. The van der Waals surface area contributed by atoms with E-state index in [1.165, 1.54) is 132 Å². The Hall–Kier alpha value is -1.99. The number of aliphatic imine (C=N–C) groups is 2. The molecule has 0 radical (unpaired) electrons. The Morgan fingerprint density at radius 2 is 1.13 bits per heavy atom. The minimum absolute atomic E-state index is 0. The molecule has 260 valence electrons. The summed E-state index contributed by atoms with van der Waals surface area (Å²) in [6, 6.07) is 15.1. The Balaban J connectivity index is 0.0000106. The molecule has 3 heteroatoms. The molecule has 46 heavy (non-hydrogen) atoms. The number of hydrogen-bond donors (Lipinski definition) is 0. The van der Waals surface area contributed by atoms with Crippen LogP contribution in [0.4, 0.5) is 11.4 Å². The van der Waals surface area contributed by atoms with E-state index >= 15 is 0 Å². The van der Waals surface area contributed by atoms with Crippen molar-refractivity contribution in [2.45, 2.75) is 175 Å². The van der Waals surface area contributed by atoms with Crippen molar-refractivity contribution in [1.82, 2.24) is 0 Å². The summed E-state index contributed by atoms with van der Waals surface area (Å²) in [4.78, 5) is 9.89. The monoisotopic (exact) mass is 670 g/mol. The first-order valence-corrected chi connectivity index (χ1v) is 19.1. The van der Waals surface area contributed by atoms with E-state index in [0.717, 1.165) is 49.2 Å². The molecule has 0 aliphatic carbocycles. The molecule has 0 N–H and O–H groups in total. The van der Waals surface area contributed by atoms with Crippen LogP contribution in [0.3, 0.4) is 0 Å². The van der Waals surface area contributed by atoms with Crippen LogP contribution in [-0.2, 0) is 22.9 Å². The topological polar surface area (TPSA) is 24.7 Å². The van der Waals surface area contributed by atoms with Crippen molar-refractivity contribution in [3.63, 3.8) is 0 Å². The van der Waals surface area contributed by atoms with Crippen LogP contribution in [-0.4, -0.2) is 11.9 Å². The summed E-state index contributed by atoms with van der Waals surface area (Å²) in [7, 11) is 0. The summed E-state index contributed by atoms with van der Waals surface area (Å²) in [5.41, 5.74) is 7.10. The maximum Gasteiger partial charge on any atom is 0.0665 e. The second kappa shape index (κ2) is 29.2. The maximum atomic E-state index is 5.11. The predicted molar refractivity (Wildman–Crippen MR) is 203 cm³/mol. The molecular weight excluding hydrogens is 603 g/mol. The van der Waals surface area contributed by atoms with E-state index in [2.05, 4.69) is 82.3 Å². The number of para-hydroxylation sites is 1. The summed E-state index contributed by atoms with van der Waals surface area (Å²) in [6.45, 7) is 8.83. The number of hydrogen-bond acceptors (Lipinski definition) is 2. The summed E-state index contributed by atoms with van der Waals surface area (Å²) >= 11 is 0. The molecule has 2 nitrogen and oxygen atoms in total. The minimum atomic E-state index is 0. The molecule has 0 saturated heterocycles. The van der Waals surface area contributed by atoms with E-state index in [1.54, 1.807) is 0 Å². The van der Waals surface area contributed by atoms with Gasteiger partial charge in [0.25, 0.3) is 0 Å². The number of allylic oxidation sites excluding steroid dienone is 2. The maximum absolute atomic E-state index is 5.11. The summed E-state index contributed by atoms with van der Waals surface area (Å²) in [6.07, 6.45) is 37.6. The first-order chi connectivity index (χ1) is 22.1. The minimum Gasteiger partial charge on any atom is -0.255 e. The van der Waals surface area contributed by atoms with E-state index in [4.69, 9.17) is 9.98 Å². The van der Waals surface area contributed by atoms with Crippen molar-refractivity contribution in [2.24, 2.45) is 9.98 Å². The van der Waals surface area contributed by atoms with E-state index in [9.17, 15) is 0 Å². The van der Waals surface area contributed by atoms with Crippen molar-refractivity contribution < 1.29 is 16.5 Å². The molecule has 0 aliphatic heterocycles. The molecule has 0 unspecified atom stereocenters. The van der Waals surface area contributed by atoms with Crippen molar-refractivity contribution in [1.29, 1.82) is 0 Å². The summed E-state index contributed by atoms with van der Waals surface area (Å²) in [5.74, 6) is 0. The van der Waals surface area contributed by atoms with Gasteiger partial charge in [-0.05, 0) is 93.7 Å². The third-order valence-electron chi connectivity index (χ3n) is 9.10. The largest absolute Gasteiger partial charge is 0.255 e. The van der Waals surface area contributed by atoms with Crippen LogP contribution in [0.1, 0.15) is 172 Å². The average molecular weight is 672 g/mol. The second-order valence-corrected chi connectivity index (χ2v) is 13.3. The molecule has 0 saturated carbocycles. The number of rotatable bonds is 27. The fraction of sp³-hybridized carbons (Fsp3) is 0.628. The third-order valence-corrected chi connectivity index (χ3v) is 9.10. The van der Waals surface area contributed by atoms with Crippen LogP contribution in [0.15, 0.2) is 64.6 Å². The Labute approximate surface area is 295 Å². The molecule has 0 bridgehead atoms. The van der Waals surface area contributed by atoms with Crippen LogP contribution >= 0.6 is 0 Å². The number of nitrogens with zero attached hydrogens (tertiary/aromatic N) is 2. The Kier molecular flexibility index (Phi) is 26.7. The van der Waals surface area contributed by atoms with Gasteiger partial charge < -0.3 is 0 Å². The van der Waals surface area contributed by atoms with Crippen LogP contribution in [0.5, 0.6) is 0 Å². The molecule has 0 amide bonds. The fourth-order valence-electron chi connectivity index (χ4n) is 5.90. The van der Waals surface area contributed by atoms with Crippen molar-refractivity contribution in [2.75, 3.05) is 0 Å². The zero-order chi connectivity index (χ0) is 32.2. The van der Waals surface area contributed by atoms with Gasteiger partial charge in [-0.15, -0.1) is 0 Å². The molecule has 0 fully saturated rings. The first-order valence-electron chi connectivity index (χ1n) is 19.1. The molecule has 0 heterocycles. The molecule has 0 aromatic heterocycles. The normalized spacial score (nSPS) is 12.0. The third kappa shape index (κ3) is 21.0. The molecule has 2 rings (SSSR count). The zero-order valence-electron chi connectivity index (χ0n) is 30.2. The Morgan fingerprint density at radius 3 is 1.72 bits per heavy atom. The van der Waals surface area contributed by atoms with Crippen molar-refractivity contribution >= 4 is 23.3 Å². The van der Waals surface area contributed by atoms with Crippen LogP contribution in [0.2, 0.25) is 0 Å². The average Bonchev–Trinajstić information content (AvgIpc) is 3.05. The summed E-state index contributed by atoms with van der Waals surface area (Å²) in [5, 5.41) is 0. The quantitative estimate of drug-likeness (QED) is 0.0391. The molecule has 0 atom stereocenters. The Bertz CT molecular complexity index is 1100. The summed E-state index contributed by atoms with van der Waals surface area (Å²) < 4.78 is 0. The smallest absolute Gasteiger partial charge is 0.0665 e. The molecular formula is C43H68N2Ni. The molecule has 2 aromatic rings. The van der Waals surface area contributed by atoms with Crippen LogP contribution < -0.4 is 0 Å². The molecule has 2 aromatic carbocycles. The Morgan fingerprint density at radius 1 is 0.587 bits per heavy atom. The predicted octanol–water partition coefficient (Wildman–Crippen LogP) is 14.5. The van der Waals surface area contributed by atoms with Gasteiger partial charge in [0.15, 0.2) is 0 Å². The zero-order valence-corrected chi connectivity index (χ0v) is 31.2. The number of unbranched alkanes of at least 4 members (excludes halogenated alkanes) is 18. The van der Waals surface area contributed by atoms with Gasteiger partial charge in [0.2, 0.25) is 0 Å². The van der Waals surface area contributed by atoms with Gasteiger partial charge in [-0.1, -0.05) is 153 Å². The van der Waals surface area contributed by atoms with Crippen molar-refractivity contribution in [3.8, 4) is 0 Å². The van der Waals surface area contributed by atoms with E-state index in [0.29, 0.717) is 0 Å². The van der Waals surface area contributed by atoms with Gasteiger partial charge in [0.1, 0.15) is 0 Å². The number of aryl methyl sites for hydroxylation is 3. The SMILES string of the molecule is CCCCCCCCCCCCCCCCCC/C=C/CCCc1ccccc1N=C(C=Nc1ccc(C)c(C)c1)CCCC.[Ni]. The standard InChI is InChI=1S/C43H68N2.Ni/c1-5-7-9-10-11-12-13-14-15-16-17-18-19-20-21-22-23-24-25-26-27-30-40-31-28-29-33-43(40)45-42(32-8-6-2)37-44-41-35-34-38(3)39(4)36-41;/h24-25,28-29,31,33-37H,5-23,26-27,30,32H2,1-4H3;/b25-24+,44-37?,45-42?;. The van der Waals surface area contributed by atoms with Gasteiger partial charge in [0, 0.05) is 22.7 Å². The van der Waals surface area contributed by atoms with Crippen LogP contribution in [0, 0.1) is 13.8 Å².